The normalized spacial score (nSPS) is 17.9. The fraction of sp³-hybridized carbons (Fsp3) is 0.556. The Morgan fingerprint density at radius 2 is 2.07 bits per heavy atom. The second kappa shape index (κ2) is 4.31. The quantitative estimate of drug-likeness (QED) is 0.649. The summed E-state index contributed by atoms with van der Waals surface area (Å²) in [6.45, 7) is 5.34. The van der Waals surface area contributed by atoms with Gasteiger partial charge in [0, 0.05) is 19.0 Å². The summed E-state index contributed by atoms with van der Waals surface area (Å²) >= 11 is 0. The van der Waals surface area contributed by atoms with Crippen LogP contribution in [0.1, 0.15) is 6.92 Å². The smallest absolute Gasteiger partial charge is 0.414 e. The van der Waals surface area contributed by atoms with E-state index in [1.807, 2.05) is 0 Å². The van der Waals surface area contributed by atoms with Crippen molar-refractivity contribution in [2.45, 2.75) is 13.0 Å². The molecule has 0 radical (unpaired) electrons. The Morgan fingerprint density at radius 1 is 1.53 bits per heavy atom. The lowest BCUT2D eigenvalue weighted by atomic mass is 9.94. The molecule has 0 aromatic carbocycles. The Hall–Kier alpha value is -1.56. The van der Waals surface area contributed by atoms with Gasteiger partial charge in [0.1, 0.15) is 0 Å². The zero-order valence-electron chi connectivity index (χ0n) is 8.34. The van der Waals surface area contributed by atoms with Crippen LogP contribution in [-0.4, -0.2) is 46.4 Å². The van der Waals surface area contributed by atoms with Crippen LogP contribution in [-0.2, 0) is 9.53 Å². The van der Waals surface area contributed by atoms with E-state index >= 15 is 0 Å². The summed E-state index contributed by atoms with van der Waals surface area (Å²) in [5.41, 5.74) is 0. The summed E-state index contributed by atoms with van der Waals surface area (Å²) in [5, 5.41) is 17.6. The summed E-state index contributed by atoms with van der Waals surface area (Å²) in [5.74, 6) is -1.41. The number of hydrogen-bond donors (Lipinski definition) is 2. The summed E-state index contributed by atoms with van der Waals surface area (Å²) in [4.78, 5) is 22.9. The number of carbonyl (C=O) groups excluding carboxylic acids is 1. The van der Waals surface area contributed by atoms with Crippen molar-refractivity contribution in [3.63, 3.8) is 0 Å². The predicted molar refractivity (Wildman–Crippen MR) is 50.0 cm³/mol. The van der Waals surface area contributed by atoms with Crippen LogP contribution in [0.5, 0.6) is 0 Å². The Bertz CT molecular complexity index is 295. The van der Waals surface area contributed by atoms with Crippen molar-refractivity contribution >= 4 is 12.1 Å². The largest absolute Gasteiger partial charge is 0.479 e. The van der Waals surface area contributed by atoms with E-state index in [0.717, 1.165) is 0 Å². The van der Waals surface area contributed by atoms with E-state index < -0.39 is 24.1 Å². The third kappa shape index (κ3) is 2.69. The van der Waals surface area contributed by atoms with E-state index in [0.29, 0.717) is 0 Å². The molecule has 1 aliphatic rings. The van der Waals surface area contributed by atoms with E-state index in [-0.39, 0.29) is 18.8 Å². The second-order valence-electron chi connectivity index (χ2n) is 3.52. The number of carboxylic acids is 1. The first kappa shape index (κ1) is 11.5. The molecule has 1 heterocycles. The standard InChI is InChI=1S/C9H13NO5/c1-5(2)15-9(14)10-3-6(4-10)7(11)8(12)13/h6-7,11H,1,3-4H2,2H3,(H,12,13). The fourth-order valence-electron chi connectivity index (χ4n) is 1.28. The molecule has 1 unspecified atom stereocenters. The molecule has 0 spiro atoms. The molecular formula is C9H13NO5. The maximum atomic E-state index is 11.2. The van der Waals surface area contributed by atoms with Crippen molar-refractivity contribution in [2.75, 3.05) is 13.1 Å². The Morgan fingerprint density at radius 3 is 2.47 bits per heavy atom. The van der Waals surface area contributed by atoms with Gasteiger partial charge in [-0.25, -0.2) is 9.59 Å². The topological polar surface area (TPSA) is 87.1 Å². The molecule has 1 aliphatic heterocycles. The molecule has 1 saturated heterocycles. The number of ether oxygens (including phenoxy) is 1. The number of likely N-dealkylation sites (tertiary alicyclic amines) is 1. The number of aliphatic hydroxyl groups excluding tert-OH is 1. The third-order valence-electron chi connectivity index (χ3n) is 2.13. The van der Waals surface area contributed by atoms with Crippen LogP contribution in [0.2, 0.25) is 0 Å². The fourth-order valence-corrected chi connectivity index (χ4v) is 1.28. The van der Waals surface area contributed by atoms with E-state index in [4.69, 9.17) is 14.9 Å². The monoisotopic (exact) mass is 215 g/mol. The lowest BCUT2D eigenvalue weighted by Gasteiger charge is -2.39. The number of amides is 1. The van der Waals surface area contributed by atoms with Crippen LogP contribution in [0.15, 0.2) is 12.3 Å². The summed E-state index contributed by atoms with van der Waals surface area (Å²) in [6.07, 6.45) is -1.98. The van der Waals surface area contributed by atoms with Crippen molar-refractivity contribution in [1.29, 1.82) is 0 Å². The molecule has 0 aromatic rings. The number of aliphatic hydroxyl groups is 1. The van der Waals surface area contributed by atoms with Crippen molar-refractivity contribution in [1.82, 2.24) is 4.90 Å². The zero-order chi connectivity index (χ0) is 11.6. The van der Waals surface area contributed by atoms with Crippen LogP contribution < -0.4 is 0 Å². The van der Waals surface area contributed by atoms with Gasteiger partial charge in [0.05, 0.1) is 5.76 Å². The summed E-state index contributed by atoms with van der Waals surface area (Å²) in [7, 11) is 0. The van der Waals surface area contributed by atoms with E-state index in [9.17, 15) is 9.59 Å². The summed E-state index contributed by atoms with van der Waals surface area (Å²) in [6, 6.07) is 0. The molecule has 1 amide bonds. The Labute approximate surface area is 86.7 Å². The number of aliphatic carboxylic acids is 1. The average molecular weight is 215 g/mol. The zero-order valence-corrected chi connectivity index (χ0v) is 8.34. The molecule has 0 aromatic heterocycles. The highest BCUT2D eigenvalue weighted by molar-refractivity contribution is 5.74. The molecule has 6 heteroatoms. The van der Waals surface area contributed by atoms with Crippen LogP contribution in [0, 0.1) is 5.92 Å². The molecule has 0 saturated carbocycles. The number of carbonyl (C=O) groups is 2. The average Bonchev–Trinajstić information content (AvgIpc) is 1.99. The van der Waals surface area contributed by atoms with Crippen LogP contribution >= 0.6 is 0 Å². The minimum Gasteiger partial charge on any atom is -0.479 e. The van der Waals surface area contributed by atoms with Gasteiger partial charge in [-0.3, -0.25) is 0 Å². The maximum Gasteiger partial charge on any atom is 0.414 e. The summed E-state index contributed by atoms with van der Waals surface area (Å²) < 4.78 is 4.71. The molecule has 84 valence electrons. The maximum absolute atomic E-state index is 11.2. The van der Waals surface area contributed by atoms with Crippen LogP contribution in [0.4, 0.5) is 4.79 Å². The number of rotatable bonds is 3. The SMILES string of the molecule is C=C(C)OC(=O)N1CC(C(O)C(=O)O)C1. The van der Waals surface area contributed by atoms with Gasteiger partial charge >= 0.3 is 12.1 Å². The highest BCUT2D eigenvalue weighted by Crippen LogP contribution is 2.20. The van der Waals surface area contributed by atoms with Crippen molar-refractivity contribution in [3.05, 3.63) is 12.3 Å². The van der Waals surface area contributed by atoms with Crippen molar-refractivity contribution < 1.29 is 24.5 Å². The first-order valence-electron chi connectivity index (χ1n) is 4.45. The van der Waals surface area contributed by atoms with Gasteiger partial charge in [-0.05, 0) is 6.92 Å². The molecule has 0 aliphatic carbocycles. The molecular weight excluding hydrogens is 202 g/mol. The molecule has 1 fully saturated rings. The van der Waals surface area contributed by atoms with E-state index in [2.05, 4.69) is 6.58 Å². The Balaban J connectivity index is 2.34. The second-order valence-corrected chi connectivity index (χ2v) is 3.52. The van der Waals surface area contributed by atoms with Crippen molar-refractivity contribution in [3.8, 4) is 0 Å². The van der Waals surface area contributed by atoms with Crippen molar-refractivity contribution in [2.24, 2.45) is 5.92 Å². The van der Waals surface area contributed by atoms with Gasteiger partial charge in [0.2, 0.25) is 0 Å². The molecule has 6 nitrogen and oxygen atoms in total. The number of nitrogens with zero attached hydrogens (tertiary/aromatic N) is 1. The van der Waals surface area contributed by atoms with E-state index in [1.54, 1.807) is 6.92 Å². The van der Waals surface area contributed by atoms with Gasteiger partial charge < -0.3 is 19.8 Å². The molecule has 1 atom stereocenters. The Kier molecular flexibility index (Phi) is 3.31. The minimum atomic E-state index is -1.42. The molecule has 0 bridgehead atoms. The minimum absolute atomic E-state index is 0.194. The lowest BCUT2D eigenvalue weighted by molar-refractivity contribution is -0.153. The molecule has 15 heavy (non-hydrogen) atoms. The number of hydrogen-bond acceptors (Lipinski definition) is 4. The van der Waals surface area contributed by atoms with Gasteiger partial charge in [-0.2, -0.15) is 0 Å². The highest BCUT2D eigenvalue weighted by Gasteiger charge is 2.39. The highest BCUT2D eigenvalue weighted by atomic mass is 16.6. The molecule has 1 rings (SSSR count). The van der Waals surface area contributed by atoms with E-state index in [1.165, 1.54) is 4.90 Å². The third-order valence-corrected chi connectivity index (χ3v) is 2.13. The first-order chi connectivity index (χ1) is 6.91. The lowest BCUT2D eigenvalue weighted by Crippen LogP contribution is -2.56. The van der Waals surface area contributed by atoms with Gasteiger partial charge in [0.25, 0.3) is 0 Å². The first-order valence-corrected chi connectivity index (χ1v) is 4.45. The van der Waals surface area contributed by atoms with Gasteiger partial charge in [-0.1, -0.05) is 6.58 Å². The number of carboxylic acid groups (broad SMARTS) is 1. The van der Waals surface area contributed by atoms with Crippen LogP contribution in [0.25, 0.3) is 0 Å². The predicted octanol–water partition coefficient (Wildman–Crippen LogP) is 0.0339. The van der Waals surface area contributed by atoms with Gasteiger partial charge in [0.15, 0.2) is 6.10 Å². The van der Waals surface area contributed by atoms with Crippen LogP contribution in [0.3, 0.4) is 0 Å². The number of allylic oxidation sites excluding steroid dienone is 1. The molecule has 2 N–H and O–H groups in total. The van der Waals surface area contributed by atoms with Gasteiger partial charge in [-0.15, -0.1) is 0 Å².